The molecule has 0 aliphatic heterocycles. The minimum Gasteiger partial charge on any atom is -1.00 e. The second-order valence-electron chi connectivity index (χ2n) is 3.36. The molecule has 0 saturated carbocycles. The molecule has 0 fully saturated rings. The first-order valence-electron chi connectivity index (χ1n) is 5.09. The Morgan fingerprint density at radius 1 is 1.29 bits per heavy atom. The molecular weight excluding hydrogens is 239 g/mol. The van der Waals surface area contributed by atoms with Gasteiger partial charge in [-0.15, -0.1) is 0 Å². The van der Waals surface area contributed by atoms with Crippen LogP contribution in [0.4, 0.5) is 0 Å². The Kier molecular flexibility index (Phi) is 14.0. The Hall–Kier alpha value is -0.123. The van der Waals surface area contributed by atoms with Crippen LogP contribution in [0.1, 0.15) is 34.0 Å². The van der Waals surface area contributed by atoms with Crippen molar-refractivity contribution in [3.63, 3.8) is 0 Å². The summed E-state index contributed by atoms with van der Waals surface area (Å²) in [4.78, 5) is 10.9. The SMILES string of the molecule is C=C(C)C(=O)OCCCCCCOS(=O)[O-].[H-].[Li+]. The molecule has 17 heavy (non-hydrogen) atoms. The van der Waals surface area contributed by atoms with E-state index in [0.29, 0.717) is 18.6 Å². The minimum absolute atomic E-state index is 0. The van der Waals surface area contributed by atoms with Crippen molar-refractivity contribution in [3.8, 4) is 0 Å². The molecule has 0 amide bonds. The summed E-state index contributed by atoms with van der Waals surface area (Å²) in [6.45, 7) is 5.65. The zero-order valence-electron chi connectivity index (χ0n) is 11.4. The monoisotopic (exact) mass is 257 g/mol. The standard InChI is InChI=1S/C10H18O5S.Li.H/c1-9(2)10(11)14-7-5-3-4-6-8-15-16(12)13;;/h1,3-8H2,2H3,(H,12,13);;/q;+1;-1/p-1. The fourth-order valence-corrected chi connectivity index (χ4v) is 1.23. The Balaban J connectivity index is -0.00000112. The summed E-state index contributed by atoms with van der Waals surface area (Å²) < 4.78 is 29.2. The van der Waals surface area contributed by atoms with Crippen LogP contribution in [0.5, 0.6) is 0 Å². The van der Waals surface area contributed by atoms with E-state index in [1.165, 1.54) is 0 Å². The summed E-state index contributed by atoms with van der Waals surface area (Å²) in [5.74, 6) is -0.370. The number of rotatable bonds is 9. The number of carbonyl (C=O) groups excluding carboxylic acids is 1. The molecule has 0 aromatic rings. The van der Waals surface area contributed by atoms with Crippen LogP contribution >= 0.6 is 0 Å². The molecule has 1 atom stereocenters. The van der Waals surface area contributed by atoms with Crippen molar-refractivity contribution in [2.75, 3.05) is 13.2 Å². The predicted octanol–water partition coefficient (Wildman–Crippen LogP) is -1.41. The molecule has 0 aromatic heterocycles. The van der Waals surface area contributed by atoms with Gasteiger partial charge in [0.2, 0.25) is 0 Å². The molecule has 5 nitrogen and oxygen atoms in total. The summed E-state index contributed by atoms with van der Waals surface area (Å²) >= 11 is -2.41. The minimum atomic E-state index is -2.41. The van der Waals surface area contributed by atoms with Gasteiger partial charge in [-0.1, -0.05) is 13.0 Å². The summed E-state index contributed by atoms with van der Waals surface area (Å²) in [5.41, 5.74) is 0.395. The van der Waals surface area contributed by atoms with Gasteiger partial charge in [0, 0.05) is 5.57 Å². The molecule has 0 aliphatic rings. The molecule has 7 heteroatoms. The number of esters is 1. The first-order valence-corrected chi connectivity index (χ1v) is 6.09. The van der Waals surface area contributed by atoms with Gasteiger partial charge < -0.3 is 14.9 Å². The van der Waals surface area contributed by atoms with Gasteiger partial charge in [-0.2, -0.15) is 0 Å². The van der Waals surface area contributed by atoms with Crippen molar-refractivity contribution in [2.45, 2.75) is 32.6 Å². The van der Waals surface area contributed by atoms with Gasteiger partial charge in [0.25, 0.3) is 0 Å². The first-order chi connectivity index (χ1) is 7.54. The van der Waals surface area contributed by atoms with E-state index < -0.39 is 11.4 Å². The van der Waals surface area contributed by atoms with E-state index in [0.717, 1.165) is 19.3 Å². The Labute approximate surface area is 118 Å². The van der Waals surface area contributed by atoms with Gasteiger partial charge >= 0.3 is 24.8 Å². The van der Waals surface area contributed by atoms with E-state index in [9.17, 15) is 13.6 Å². The molecule has 0 aliphatic carbocycles. The van der Waals surface area contributed by atoms with Crippen LogP contribution in [0.15, 0.2) is 12.2 Å². The molecule has 0 heterocycles. The second-order valence-corrected chi connectivity index (χ2v) is 4.00. The fraction of sp³-hybridized carbons (Fsp3) is 0.700. The van der Waals surface area contributed by atoms with Crippen LogP contribution in [0.25, 0.3) is 0 Å². The summed E-state index contributed by atoms with van der Waals surface area (Å²) in [6, 6.07) is 0. The van der Waals surface area contributed by atoms with Crippen molar-refractivity contribution < 1.29 is 42.8 Å². The number of carbonyl (C=O) groups is 1. The van der Waals surface area contributed by atoms with Crippen LogP contribution in [-0.4, -0.2) is 27.9 Å². The van der Waals surface area contributed by atoms with E-state index in [2.05, 4.69) is 10.8 Å². The maximum absolute atomic E-state index is 10.9. The first kappa shape index (κ1) is 19.2. The molecule has 0 N–H and O–H groups in total. The van der Waals surface area contributed by atoms with Gasteiger partial charge in [-0.25, -0.2) is 9.00 Å². The number of ether oxygens (including phenoxy) is 1. The zero-order valence-corrected chi connectivity index (χ0v) is 11.2. The van der Waals surface area contributed by atoms with Crippen molar-refractivity contribution in [1.82, 2.24) is 0 Å². The van der Waals surface area contributed by atoms with Crippen molar-refractivity contribution in [2.24, 2.45) is 0 Å². The van der Waals surface area contributed by atoms with Crippen molar-refractivity contribution in [1.29, 1.82) is 0 Å². The van der Waals surface area contributed by atoms with E-state index in [1.807, 2.05) is 0 Å². The quantitative estimate of drug-likeness (QED) is 0.167. The van der Waals surface area contributed by atoms with Crippen LogP contribution in [-0.2, 0) is 25.1 Å². The van der Waals surface area contributed by atoms with Crippen molar-refractivity contribution in [3.05, 3.63) is 12.2 Å². The maximum atomic E-state index is 10.9. The van der Waals surface area contributed by atoms with Crippen molar-refractivity contribution >= 4 is 17.3 Å². The van der Waals surface area contributed by atoms with Gasteiger partial charge in [-0.05, 0) is 26.2 Å². The van der Waals surface area contributed by atoms with Crippen LogP contribution in [0, 0.1) is 0 Å². The summed E-state index contributed by atoms with van der Waals surface area (Å²) in [7, 11) is 0. The molecule has 0 radical (unpaired) electrons. The van der Waals surface area contributed by atoms with Gasteiger partial charge in [-0.3, -0.25) is 0 Å². The van der Waals surface area contributed by atoms with E-state index in [1.54, 1.807) is 6.92 Å². The third-order valence-corrected chi connectivity index (χ3v) is 2.16. The Morgan fingerprint density at radius 2 is 1.82 bits per heavy atom. The fourth-order valence-electron chi connectivity index (χ4n) is 0.973. The molecule has 0 spiro atoms. The molecule has 0 saturated heterocycles. The van der Waals surface area contributed by atoms with Crippen LogP contribution < -0.4 is 18.9 Å². The smallest absolute Gasteiger partial charge is 1.00 e. The van der Waals surface area contributed by atoms with E-state index in [-0.39, 0.29) is 32.9 Å². The predicted molar refractivity (Wildman–Crippen MR) is 60.2 cm³/mol. The molecule has 0 bridgehead atoms. The Bertz CT molecular complexity index is 263. The van der Waals surface area contributed by atoms with E-state index >= 15 is 0 Å². The second kappa shape index (κ2) is 12.3. The van der Waals surface area contributed by atoms with Gasteiger partial charge in [0.15, 0.2) is 0 Å². The normalized spacial score (nSPS) is 11.4. The molecule has 0 rings (SSSR count). The Morgan fingerprint density at radius 3 is 2.29 bits per heavy atom. The maximum Gasteiger partial charge on any atom is 1.00 e. The average molecular weight is 257 g/mol. The molecular formula is C10H18LiO5S-. The average Bonchev–Trinajstić information content (AvgIpc) is 2.21. The molecule has 1 unspecified atom stereocenters. The van der Waals surface area contributed by atoms with Crippen LogP contribution in [0.3, 0.4) is 0 Å². The summed E-state index contributed by atoms with van der Waals surface area (Å²) in [6.07, 6.45) is 3.17. The van der Waals surface area contributed by atoms with Gasteiger partial charge in [0.05, 0.1) is 24.6 Å². The third kappa shape index (κ3) is 13.8. The third-order valence-electron chi connectivity index (χ3n) is 1.80. The van der Waals surface area contributed by atoms with Gasteiger partial charge in [0.1, 0.15) is 0 Å². The van der Waals surface area contributed by atoms with Crippen LogP contribution in [0.2, 0.25) is 0 Å². The largest absolute Gasteiger partial charge is 1.00 e. The molecule has 96 valence electrons. The van der Waals surface area contributed by atoms with E-state index in [4.69, 9.17) is 4.74 Å². The molecule has 0 aromatic carbocycles. The topological polar surface area (TPSA) is 75.7 Å². The number of unbranched alkanes of at least 4 members (excludes halogenated alkanes) is 3. The number of hydrogen-bond acceptors (Lipinski definition) is 5. The zero-order chi connectivity index (χ0) is 12.4. The summed E-state index contributed by atoms with van der Waals surface area (Å²) in [5, 5.41) is 0. The number of hydrogen-bond donors (Lipinski definition) is 0.